The van der Waals surface area contributed by atoms with Gasteiger partial charge in [0.15, 0.2) is 0 Å². The molecule has 0 atom stereocenters. The summed E-state index contributed by atoms with van der Waals surface area (Å²) in [6.45, 7) is 0. The van der Waals surface area contributed by atoms with E-state index in [1.54, 1.807) is 0 Å². The summed E-state index contributed by atoms with van der Waals surface area (Å²) in [5, 5.41) is -0.0340. The van der Waals surface area contributed by atoms with Gasteiger partial charge >= 0.3 is 0 Å². The van der Waals surface area contributed by atoms with Crippen molar-refractivity contribution in [1.82, 2.24) is 0 Å². The second-order valence-corrected chi connectivity index (χ2v) is 4.63. The van der Waals surface area contributed by atoms with Gasteiger partial charge in [0, 0.05) is 11.6 Å². The Bertz CT molecular complexity index is 388. The molecule has 1 aromatic carbocycles. The zero-order valence-corrected chi connectivity index (χ0v) is 8.95. The molecule has 0 amide bonds. The van der Waals surface area contributed by atoms with Crippen LogP contribution < -0.4 is 5.73 Å². The average Bonchev–Trinajstić information content (AvgIpc) is 2.89. The lowest BCUT2D eigenvalue weighted by Crippen LogP contribution is -2.22. The Morgan fingerprint density at radius 3 is 2.53 bits per heavy atom. The molecule has 82 valence electrons. The van der Waals surface area contributed by atoms with Gasteiger partial charge in [0.1, 0.15) is 11.6 Å². The van der Waals surface area contributed by atoms with Gasteiger partial charge in [-0.3, -0.25) is 0 Å². The van der Waals surface area contributed by atoms with Crippen molar-refractivity contribution in [1.29, 1.82) is 0 Å². The van der Waals surface area contributed by atoms with Gasteiger partial charge in [-0.2, -0.15) is 0 Å². The summed E-state index contributed by atoms with van der Waals surface area (Å²) < 4.78 is 26.1. The van der Waals surface area contributed by atoms with E-state index >= 15 is 0 Å². The molecule has 0 aliphatic heterocycles. The highest BCUT2D eigenvalue weighted by atomic mass is 35.5. The largest absolute Gasteiger partial charge is 0.325 e. The lowest BCUT2D eigenvalue weighted by Gasteiger charge is -2.09. The van der Waals surface area contributed by atoms with Crippen molar-refractivity contribution in [3.05, 3.63) is 34.4 Å². The molecule has 1 fully saturated rings. The Morgan fingerprint density at radius 1 is 1.27 bits per heavy atom. The smallest absolute Gasteiger partial charge is 0.144 e. The van der Waals surface area contributed by atoms with E-state index in [1.807, 2.05) is 0 Å². The lowest BCUT2D eigenvalue weighted by molar-refractivity contribution is 0.553. The standard InChI is InChI=1S/C11H12ClF2N/c12-8-5-7(9(13)6-10(8)14)1-2-11(15)3-4-11/h5-6H,1-4,15H2. The van der Waals surface area contributed by atoms with Crippen LogP contribution in [0.3, 0.4) is 0 Å². The van der Waals surface area contributed by atoms with Crippen molar-refractivity contribution in [3.63, 3.8) is 0 Å². The molecule has 1 nitrogen and oxygen atoms in total. The molecule has 0 aromatic heterocycles. The maximum absolute atomic E-state index is 13.3. The molecule has 15 heavy (non-hydrogen) atoms. The molecule has 2 rings (SSSR count). The summed E-state index contributed by atoms with van der Waals surface area (Å²) in [5.41, 5.74) is 6.21. The van der Waals surface area contributed by atoms with Gasteiger partial charge < -0.3 is 5.73 Å². The van der Waals surface area contributed by atoms with Crippen LogP contribution in [0.15, 0.2) is 12.1 Å². The predicted molar refractivity (Wildman–Crippen MR) is 55.8 cm³/mol. The molecule has 4 heteroatoms. The van der Waals surface area contributed by atoms with E-state index in [4.69, 9.17) is 17.3 Å². The van der Waals surface area contributed by atoms with Crippen LogP contribution in [0, 0.1) is 11.6 Å². The highest BCUT2D eigenvalue weighted by molar-refractivity contribution is 6.30. The van der Waals surface area contributed by atoms with Crippen molar-refractivity contribution in [2.24, 2.45) is 5.73 Å². The van der Waals surface area contributed by atoms with Crippen LogP contribution in [-0.2, 0) is 6.42 Å². The summed E-state index contributed by atoms with van der Waals surface area (Å²) in [4.78, 5) is 0. The van der Waals surface area contributed by atoms with Gasteiger partial charge in [0.05, 0.1) is 5.02 Å². The molecule has 0 unspecified atom stereocenters. The van der Waals surface area contributed by atoms with Crippen molar-refractivity contribution in [2.75, 3.05) is 0 Å². The first-order valence-electron chi connectivity index (χ1n) is 4.92. The highest BCUT2D eigenvalue weighted by Gasteiger charge is 2.37. The van der Waals surface area contributed by atoms with E-state index in [-0.39, 0.29) is 10.6 Å². The fraction of sp³-hybridized carbons (Fsp3) is 0.455. The summed E-state index contributed by atoms with van der Waals surface area (Å²) in [7, 11) is 0. The van der Waals surface area contributed by atoms with E-state index in [0.29, 0.717) is 12.0 Å². The molecular formula is C11H12ClF2N. The molecule has 0 spiro atoms. The van der Waals surface area contributed by atoms with E-state index in [1.165, 1.54) is 6.07 Å². The predicted octanol–water partition coefficient (Wildman–Crippen LogP) is 3.04. The lowest BCUT2D eigenvalue weighted by atomic mass is 10.0. The third-order valence-electron chi connectivity index (χ3n) is 2.87. The maximum Gasteiger partial charge on any atom is 0.144 e. The van der Waals surface area contributed by atoms with E-state index < -0.39 is 11.6 Å². The van der Waals surface area contributed by atoms with E-state index in [0.717, 1.165) is 25.3 Å². The van der Waals surface area contributed by atoms with Gasteiger partial charge in [-0.25, -0.2) is 8.78 Å². The minimum atomic E-state index is -0.716. The van der Waals surface area contributed by atoms with Crippen LogP contribution in [0.2, 0.25) is 5.02 Å². The molecule has 0 saturated heterocycles. The summed E-state index contributed by atoms with van der Waals surface area (Å²) in [6, 6.07) is 2.17. The third-order valence-corrected chi connectivity index (χ3v) is 3.16. The molecule has 1 aliphatic carbocycles. The number of hydrogen-bond acceptors (Lipinski definition) is 1. The molecule has 0 heterocycles. The normalized spacial score (nSPS) is 17.9. The monoisotopic (exact) mass is 231 g/mol. The first kappa shape index (κ1) is 10.8. The summed E-state index contributed by atoms with van der Waals surface area (Å²) >= 11 is 5.58. The quantitative estimate of drug-likeness (QED) is 0.795. The van der Waals surface area contributed by atoms with Crippen LogP contribution in [0.4, 0.5) is 8.78 Å². The number of nitrogens with two attached hydrogens (primary N) is 1. The van der Waals surface area contributed by atoms with Gasteiger partial charge in [-0.15, -0.1) is 0 Å². The fourth-order valence-electron chi connectivity index (χ4n) is 1.55. The first-order chi connectivity index (χ1) is 7.00. The average molecular weight is 232 g/mol. The number of aryl methyl sites for hydroxylation is 1. The number of halogens is 3. The van der Waals surface area contributed by atoms with Crippen LogP contribution in [0.1, 0.15) is 24.8 Å². The van der Waals surface area contributed by atoms with Crippen molar-refractivity contribution in [3.8, 4) is 0 Å². The molecular weight excluding hydrogens is 220 g/mol. The Balaban J connectivity index is 2.10. The summed E-state index contributed by atoms with van der Waals surface area (Å²) in [6.07, 6.45) is 3.22. The number of rotatable bonds is 3. The summed E-state index contributed by atoms with van der Waals surface area (Å²) in [5.74, 6) is -1.26. The molecule has 1 aromatic rings. The molecule has 1 aliphatic rings. The highest BCUT2D eigenvalue weighted by Crippen LogP contribution is 2.37. The topological polar surface area (TPSA) is 26.0 Å². The number of hydrogen-bond donors (Lipinski definition) is 1. The Morgan fingerprint density at radius 2 is 1.93 bits per heavy atom. The zero-order chi connectivity index (χ0) is 11.1. The first-order valence-corrected chi connectivity index (χ1v) is 5.30. The van der Waals surface area contributed by atoms with E-state index in [9.17, 15) is 8.78 Å². The van der Waals surface area contributed by atoms with Crippen LogP contribution in [-0.4, -0.2) is 5.54 Å². The number of benzene rings is 1. The molecule has 0 bridgehead atoms. The van der Waals surface area contributed by atoms with E-state index in [2.05, 4.69) is 0 Å². The Hall–Kier alpha value is -0.670. The minimum absolute atomic E-state index is 0.0340. The zero-order valence-electron chi connectivity index (χ0n) is 8.19. The van der Waals surface area contributed by atoms with Gasteiger partial charge in [-0.05, 0) is 37.3 Å². The van der Waals surface area contributed by atoms with Crippen LogP contribution in [0.5, 0.6) is 0 Å². The van der Waals surface area contributed by atoms with Gasteiger partial charge in [-0.1, -0.05) is 11.6 Å². The van der Waals surface area contributed by atoms with Crippen molar-refractivity contribution >= 4 is 11.6 Å². The molecule has 1 saturated carbocycles. The third kappa shape index (κ3) is 2.47. The Kier molecular flexibility index (Phi) is 2.69. The molecule has 2 N–H and O–H groups in total. The maximum atomic E-state index is 13.3. The Labute approximate surface area is 92.2 Å². The molecule has 0 radical (unpaired) electrons. The van der Waals surface area contributed by atoms with Gasteiger partial charge in [0.2, 0.25) is 0 Å². The van der Waals surface area contributed by atoms with Crippen molar-refractivity contribution in [2.45, 2.75) is 31.2 Å². The van der Waals surface area contributed by atoms with Crippen LogP contribution >= 0.6 is 11.6 Å². The minimum Gasteiger partial charge on any atom is -0.325 e. The van der Waals surface area contributed by atoms with Gasteiger partial charge in [0.25, 0.3) is 0 Å². The second-order valence-electron chi connectivity index (χ2n) is 4.22. The second kappa shape index (κ2) is 3.72. The van der Waals surface area contributed by atoms with Crippen molar-refractivity contribution < 1.29 is 8.78 Å². The fourth-order valence-corrected chi connectivity index (χ4v) is 1.74. The SMILES string of the molecule is NC1(CCc2cc(Cl)c(F)cc2F)CC1. The van der Waals surface area contributed by atoms with Crippen LogP contribution in [0.25, 0.3) is 0 Å².